The average molecular weight is 495 g/mol. The number of aromatic nitrogens is 5. The van der Waals surface area contributed by atoms with Crippen LogP contribution in [-0.4, -0.2) is 44.9 Å². The van der Waals surface area contributed by atoms with Gasteiger partial charge in [-0.15, -0.1) is 5.10 Å². The van der Waals surface area contributed by atoms with E-state index in [0.717, 1.165) is 43.0 Å². The molecular weight excluding hydrogens is 460 g/mol. The standard InChI is InChI=1S/C25H34N6O3Si/c1-18-7-5-6-8-20-15-19(9-12-27-20)23-22(28-25(18)33)24(30-16-26-11-10-21(30)32)29-31(23)17-34-13-14-35(2,3)4/h9-12,15-16,18H,5-8,13-14,17H2,1-4H3,(H,28,33). The Morgan fingerprint density at radius 2 is 2.00 bits per heavy atom. The van der Waals surface area contributed by atoms with Crippen LogP contribution in [0, 0.1) is 5.92 Å². The van der Waals surface area contributed by atoms with E-state index in [1.807, 2.05) is 19.1 Å². The van der Waals surface area contributed by atoms with E-state index >= 15 is 0 Å². The molecule has 0 saturated heterocycles. The van der Waals surface area contributed by atoms with E-state index in [9.17, 15) is 9.59 Å². The van der Waals surface area contributed by atoms with Gasteiger partial charge in [0.05, 0.1) is 5.69 Å². The van der Waals surface area contributed by atoms with E-state index in [-0.39, 0.29) is 24.1 Å². The highest BCUT2D eigenvalue weighted by molar-refractivity contribution is 6.76. The Kier molecular flexibility index (Phi) is 7.61. The molecule has 0 spiro atoms. The topological polar surface area (TPSA) is 104 Å². The highest BCUT2D eigenvalue weighted by atomic mass is 28.3. The maximum absolute atomic E-state index is 13.2. The fourth-order valence-corrected chi connectivity index (χ4v) is 4.81. The molecule has 9 nitrogen and oxygen atoms in total. The molecule has 1 aliphatic rings. The van der Waals surface area contributed by atoms with E-state index in [2.05, 4.69) is 34.9 Å². The summed E-state index contributed by atoms with van der Waals surface area (Å²) in [6, 6.07) is 6.34. The number of pyridine rings is 1. The molecule has 1 aliphatic heterocycles. The van der Waals surface area contributed by atoms with Crippen molar-refractivity contribution >= 4 is 19.7 Å². The molecule has 0 aromatic carbocycles. The Morgan fingerprint density at radius 3 is 2.77 bits per heavy atom. The maximum atomic E-state index is 13.2. The summed E-state index contributed by atoms with van der Waals surface area (Å²) in [6.45, 7) is 9.67. The number of ether oxygens (including phenoxy) is 1. The molecular formula is C25H34N6O3Si. The number of nitrogens with zero attached hydrogens (tertiary/aromatic N) is 5. The van der Waals surface area contributed by atoms with Crippen LogP contribution in [0.2, 0.25) is 25.7 Å². The first-order valence-electron chi connectivity index (χ1n) is 12.2. The Morgan fingerprint density at radius 1 is 1.17 bits per heavy atom. The molecule has 1 unspecified atom stereocenters. The normalized spacial score (nSPS) is 16.7. The number of hydrogen-bond donors (Lipinski definition) is 1. The molecule has 1 atom stereocenters. The molecule has 1 N–H and O–H groups in total. The second kappa shape index (κ2) is 10.7. The largest absolute Gasteiger partial charge is 0.360 e. The van der Waals surface area contributed by atoms with Crippen molar-refractivity contribution in [2.75, 3.05) is 11.9 Å². The third kappa shape index (κ3) is 6.12. The summed E-state index contributed by atoms with van der Waals surface area (Å²) in [4.78, 5) is 34.5. The molecule has 4 heterocycles. The Balaban J connectivity index is 1.85. The number of carbonyl (C=O) groups excluding carboxylic acids is 1. The molecule has 186 valence electrons. The molecule has 0 aliphatic carbocycles. The smallest absolute Gasteiger partial charge is 0.259 e. The summed E-state index contributed by atoms with van der Waals surface area (Å²) in [6.07, 6.45) is 8.17. The molecule has 35 heavy (non-hydrogen) atoms. The highest BCUT2D eigenvalue weighted by Crippen LogP contribution is 2.34. The molecule has 1 amide bonds. The fraction of sp³-hybridized carbons (Fsp3) is 0.480. The second-order valence-corrected chi connectivity index (χ2v) is 16.0. The fourth-order valence-electron chi connectivity index (χ4n) is 4.05. The molecule has 4 rings (SSSR count). The van der Waals surface area contributed by atoms with Crippen molar-refractivity contribution < 1.29 is 9.53 Å². The van der Waals surface area contributed by atoms with E-state index in [1.165, 1.54) is 23.2 Å². The van der Waals surface area contributed by atoms with Crippen molar-refractivity contribution in [3.63, 3.8) is 0 Å². The zero-order chi connectivity index (χ0) is 25.0. The van der Waals surface area contributed by atoms with Crippen molar-refractivity contribution in [1.82, 2.24) is 24.3 Å². The van der Waals surface area contributed by atoms with Crippen LogP contribution in [0.4, 0.5) is 5.69 Å². The number of fused-ring (bicyclic) bond motifs is 4. The van der Waals surface area contributed by atoms with Crippen molar-refractivity contribution in [2.45, 2.75) is 65.0 Å². The summed E-state index contributed by atoms with van der Waals surface area (Å²) in [5.74, 6) is 0.0461. The first kappa shape index (κ1) is 25.0. The molecule has 0 radical (unpaired) electrons. The average Bonchev–Trinajstić information content (AvgIpc) is 3.16. The number of aryl methyl sites for hydroxylation is 1. The van der Waals surface area contributed by atoms with E-state index in [1.54, 1.807) is 10.9 Å². The van der Waals surface area contributed by atoms with E-state index in [0.29, 0.717) is 23.8 Å². The van der Waals surface area contributed by atoms with Gasteiger partial charge >= 0.3 is 0 Å². The predicted molar refractivity (Wildman–Crippen MR) is 138 cm³/mol. The van der Waals surface area contributed by atoms with Crippen LogP contribution in [0.1, 0.15) is 31.9 Å². The van der Waals surface area contributed by atoms with Crippen molar-refractivity contribution in [2.24, 2.45) is 5.92 Å². The predicted octanol–water partition coefficient (Wildman–Crippen LogP) is 4.10. The third-order valence-electron chi connectivity index (χ3n) is 6.20. The quantitative estimate of drug-likeness (QED) is 0.409. The Bertz CT molecular complexity index is 1250. The SMILES string of the molecule is CC1CCCCc2cc(ccn2)-c2c(c(-n3cnccc3=O)nn2COCC[Si](C)(C)C)NC1=O. The van der Waals surface area contributed by atoms with E-state index in [4.69, 9.17) is 9.84 Å². The van der Waals surface area contributed by atoms with Crippen molar-refractivity contribution in [3.05, 3.63) is 53.0 Å². The van der Waals surface area contributed by atoms with Crippen LogP contribution >= 0.6 is 0 Å². The van der Waals surface area contributed by atoms with Crippen LogP contribution in [0.25, 0.3) is 17.1 Å². The van der Waals surface area contributed by atoms with Crippen LogP contribution in [-0.2, 0) is 22.7 Å². The van der Waals surface area contributed by atoms with Gasteiger partial charge in [0.25, 0.3) is 5.56 Å². The van der Waals surface area contributed by atoms with Gasteiger partial charge in [0, 0.05) is 50.3 Å². The van der Waals surface area contributed by atoms with Gasteiger partial charge < -0.3 is 10.1 Å². The lowest BCUT2D eigenvalue weighted by Crippen LogP contribution is -2.23. The molecule has 3 aromatic rings. The van der Waals surface area contributed by atoms with Gasteiger partial charge in [-0.25, -0.2) is 14.2 Å². The van der Waals surface area contributed by atoms with Gasteiger partial charge in [-0.2, -0.15) is 0 Å². The zero-order valence-electron chi connectivity index (χ0n) is 21.0. The number of amides is 1. The van der Waals surface area contributed by atoms with Crippen molar-refractivity contribution in [3.8, 4) is 17.1 Å². The van der Waals surface area contributed by atoms with Crippen molar-refractivity contribution in [1.29, 1.82) is 0 Å². The lowest BCUT2D eigenvalue weighted by Gasteiger charge is -2.17. The van der Waals surface area contributed by atoms with Gasteiger partial charge in [0.2, 0.25) is 5.91 Å². The maximum Gasteiger partial charge on any atom is 0.259 e. The zero-order valence-corrected chi connectivity index (χ0v) is 22.0. The molecule has 2 bridgehead atoms. The summed E-state index contributed by atoms with van der Waals surface area (Å²) in [7, 11) is -1.26. The minimum atomic E-state index is -1.26. The van der Waals surface area contributed by atoms with Gasteiger partial charge in [-0.05, 0) is 37.4 Å². The first-order valence-corrected chi connectivity index (χ1v) is 15.9. The number of rotatable bonds is 6. The monoisotopic (exact) mass is 494 g/mol. The summed E-state index contributed by atoms with van der Waals surface area (Å²) in [5.41, 5.74) is 2.73. The number of anilines is 1. The third-order valence-corrected chi connectivity index (χ3v) is 7.90. The van der Waals surface area contributed by atoms with Gasteiger partial charge in [0.15, 0.2) is 5.82 Å². The molecule has 0 saturated carbocycles. The summed E-state index contributed by atoms with van der Waals surface area (Å²) < 4.78 is 9.12. The lowest BCUT2D eigenvalue weighted by atomic mass is 9.99. The Hall–Kier alpha value is -3.11. The molecule has 0 fully saturated rings. The van der Waals surface area contributed by atoms with Crippen LogP contribution in [0.3, 0.4) is 0 Å². The molecule has 3 aromatic heterocycles. The minimum Gasteiger partial charge on any atom is -0.360 e. The number of nitrogens with one attached hydrogen (secondary N) is 1. The highest BCUT2D eigenvalue weighted by Gasteiger charge is 2.26. The first-order chi connectivity index (χ1) is 16.7. The second-order valence-electron chi connectivity index (χ2n) is 10.4. The van der Waals surface area contributed by atoms with E-state index < -0.39 is 8.07 Å². The van der Waals surface area contributed by atoms with Crippen LogP contribution in [0.15, 0.2) is 41.7 Å². The lowest BCUT2D eigenvalue weighted by molar-refractivity contribution is -0.119. The van der Waals surface area contributed by atoms with Crippen LogP contribution in [0.5, 0.6) is 0 Å². The van der Waals surface area contributed by atoms with Gasteiger partial charge in [-0.3, -0.25) is 14.6 Å². The summed E-state index contributed by atoms with van der Waals surface area (Å²) in [5, 5.41) is 7.84. The number of carbonyl (C=O) groups is 1. The van der Waals surface area contributed by atoms with Gasteiger partial charge in [0.1, 0.15) is 18.7 Å². The minimum absolute atomic E-state index is 0.0986. The summed E-state index contributed by atoms with van der Waals surface area (Å²) >= 11 is 0. The Labute approximate surface area is 206 Å². The molecule has 10 heteroatoms. The van der Waals surface area contributed by atoms with Crippen LogP contribution < -0.4 is 10.9 Å². The number of hydrogen-bond acceptors (Lipinski definition) is 6. The van der Waals surface area contributed by atoms with Gasteiger partial charge in [-0.1, -0.05) is 33.0 Å².